The molecule has 1 aliphatic rings. The van der Waals surface area contributed by atoms with Crippen LogP contribution in [0.2, 0.25) is 10.0 Å². The van der Waals surface area contributed by atoms with Gasteiger partial charge in [-0.05, 0) is 61.3 Å². The van der Waals surface area contributed by atoms with Crippen LogP contribution in [-0.2, 0) is 11.0 Å². The molecule has 0 aliphatic carbocycles. The van der Waals surface area contributed by atoms with Crippen molar-refractivity contribution in [2.75, 3.05) is 20.2 Å². The lowest BCUT2D eigenvalue weighted by Crippen LogP contribution is -2.41. The molecule has 162 valence electrons. The molecule has 2 aromatic rings. The number of carboxylic acid groups (broad SMARTS) is 1. The highest BCUT2D eigenvalue weighted by Crippen LogP contribution is 2.42. The van der Waals surface area contributed by atoms with Crippen molar-refractivity contribution in [2.24, 2.45) is 5.92 Å². The minimum Gasteiger partial charge on any atom is -0.496 e. The number of aliphatic carboxylic acids is 1. The van der Waals surface area contributed by atoms with Crippen LogP contribution in [0, 0.1) is 5.92 Å². The minimum absolute atomic E-state index is 0.146. The Hall–Kier alpha value is -1.96. The van der Waals surface area contributed by atoms with Crippen molar-refractivity contribution in [3.05, 3.63) is 63.1 Å². The van der Waals surface area contributed by atoms with E-state index in [0.717, 1.165) is 12.1 Å². The summed E-state index contributed by atoms with van der Waals surface area (Å²) in [6.07, 6.45) is -3.46. The first kappa shape index (κ1) is 22.7. The number of ether oxygens (including phenoxy) is 1. The molecule has 0 saturated carbocycles. The molecule has 2 aromatic carbocycles. The summed E-state index contributed by atoms with van der Waals surface area (Å²) in [5, 5.41) is 10.0. The zero-order valence-corrected chi connectivity index (χ0v) is 17.6. The van der Waals surface area contributed by atoms with E-state index in [1.807, 2.05) is 4.90 Å². The quantitative estimate of drug-likeness (QED) is 0.601. The highest BCUT2D eigenvalue weighted by molar-refractivity contribution is 6.31. The van der Waals surface area contributed by atoms with Gasteiger partial charge in [-0.3, -0.25) is 9.69 Å². The van der Waals surface area contributed by atoms with Crippen LogP contribution in [-0.4, -0.2) is 36.2 Å². The Bertz CT molecular complexity index is 936. The number of carbonyl (C=O) groups is 1. The number of halogens is 5. The Labute approximate surface area is 182 Å². The van der Waals surface area contributed by atoms with Crippen molar-refractivity contribution >= 4 is 29.2 Å². The second-order valence-electron chi connectivity index (χ2n) is 7.20. The molecule has 2 atom stereocenters. The van der Waals surface area contributed by atoms with Crippen LogP contribution in [0.1, 0.15) is 35.6 Å². The van der Waals surface area contributed by atoms with Crippen LogP contribution in [0.15, 0.2) is 36.4 Å². The summed E-state index contributed by atoms with van der Waals surface area (Å²) >= 11 is 12.5. The normalized spacial score (nSPS) is 18.8. The Morgan fingerprint density at radius 1 is 1.20 bits per heavy atom. The topological polar surface area (TPSA) is 49.8 Å². The lowest BCUT2D eigenvalue weighted by molar-refractivity contribution is -0.143. The smallest absolute Gasteiger partial charge is 0.416 e. The third-order valence-corrected chi connectivity index (χ3v) is 5.85. The molecular weight excluding hydrogens is 442 g/mol. The van der Waals surface area contributed by atoms with E-state index in [9.17, 15) is 23.1 Å². The number of carboxylic acids is 1. The number of likely N-dealkylation sites (tertiary alicyclic amines) is 1. The fourth-order valence-corrected chi connectivity index (χ4v) is 4.25. The predicted octanol–water partition coefficient (Wildman–Crippen LogP) is 5.91. The second kappa shape index (κ2) is 9.04. The first-order valence-corrected chi connectivity index (χ1v) is 10.0. The van der Waals surface area contributed by atoms with Gasteiger partial charge in [0.2, 0.25) is 0 Å². The van der Waals surface area contributed by atoms with Gasteiger partial charge in [0.25, 0.3) is 0 Å². The maximum Gasteiger partial charge on any atom is 0.416 e. The minimum atomic E-state index is -4.55. The number of piperidine rings is 1. The summed E-state index contributed by atoms with van der Waals surface area (Å²) in [4.78, 5) is 13.4. The maximum atomic E-state index is 13.4. The number of hydrogen-bond donors (Lipinski definition) is 1. The number of alkyl halides is 3. The number of rotatable bonds is 5. The standard InChI is InChI=1S/C21H20Cl2F3NO3/c1-30-18-7-5-14(22)10-16(18)19(27-8-2-3-12(11-27)20(28)29)15-9-13(21(24,25)26)4-6-17(15)23/h4-7,9-10,12,19H,2-3,8,11H2,1H3,(H,28,29). The molecule has 30 heavy (non-hydrogen) atoms. The molecule has 1 heterocycles. The second-order valence-corrected chi connectivity index (χ2v) is 8.04. The molecule has 3 rings (SSSR count). The summed E-state index contributed by atoms with van der Waals surface area (Å²) < 4.78 is 45.7. The van der Waals surface area contributed by atoms with Gasteiger partial charge in [0.05, 0.1) is 24.6 Å². The van der Waals surface area contributed by atoms with Crippen molar-refractivity contribution in [2.45, 2.75) is 25.1 Å². The molecule has 1 saturated heterocycles. The number of nitrogens with zero attached hydrogens (tertiary/aromatic N) is 1. The lowest BCUT2D eigenvalue weighted by Gasteiger charge is -2.38. The fourth-order valence-electron chi connectivity index (χ4n) is 3.85. The van der Waals surface area contributed by atoms with E-state index in [4.69, 9.17) is 27.9 Å². The van der Waals surface area contributed by atoms with E-state index >= 15 is 0 Å². The average molecular weight is 462 g/mol. The Morgan fingerprint density at radius 3 is 2.57 bits per heavy atom. The average Bonchev–Trinajstić information content (AvgIpc) is 2.69. The maximum absolute atomic E-state index is 13.4. The SMILES string of the molecule is COc1ccc(Cl)cc1C(c1cc(C(F)(F)F)ccc1Cl)N1CCCC(C(=O)O)C1. The van der Waals surface area contributed by atoms with E-state index in [0.29, 0.717) is 35.7 Å². The van der Waals surface area contributed by atoms with Gasteiger partial charge in [0, 0.05) is 22.2 Å². The molecule has 0 spiro atoms. The van der Waals surface area contributed by atoms with Gasteiger partial charge in [-0.15, -0.1) is 0 Å². The fraction of sp³-hybridized carbons (Fsp3) is 0.381. The molecule has 0 bridgehead atoms. The predicted molar refractivity (Wildman–Crippen MR) is 108 cm³/mol. The Kier molecular flexibility index (Phi) is 6.84. The molecule has 1 fully saturated rings. The van der Waals surface area contributed by atoms with Crippen LogP contribution in [0.4, 0.5) is 13.2 Å². The van der Waals surface area contributed by atoms with E-state index in [2.05, 4.69) is 0 Å². The summed E-state index contributed by atoms with van der Waals surface area (Å²) in [7, 11) is 1.45. The third kappa shape index (κ3) is 4.85. The van der Waals surface area contributed by atoms with E-state index in [1.54, 1.807) is 18.2 Å². The van der Waals surface area contributed by atoms with Gasteiger partial charge in [-0.25, -0.2) is 0 Å². The molecule has 0 aromatic heterocycles. The van der Waals surface area contributed by atoms with Crippen molar-refractivity contribution in [3.8, 4) is 5.75 Å². The van der Waals surface area contributed by atoms with Gasteiger partial charge < -0.3 is 9.84 Å². The summed E-state index contributed by atoms with van der Waals surface area (Å²) in [6, 6.07) is 7.26. The molecule has 0 radical (unpaired) electrons. The highest BCUT2D eigenvalue weighted by atomic mass is 35.5. The zero-order valence-electron chi connectivity index (χ0n) is 16.0. The molecule has 1 aliphatic heterocycles. The largest absolute Gasteiger partial charge is 0.496 e. The van der Waals surface area contributed by atoms with Crippen LogP contribution in [0.5, 0.6) is 5.75 Å². The molecule has 0 amide bonds. The molecule has 1 N–H and O–H groups in total. The van der Waals surface area contributed by atoms with E-state index in [-0.39, 0.29) is 17.1 Å². The van der Waals surface area contributed by atoms with Crippen LogP contribution >= 0.6 is 23.2 Å². The molecular formula is C21H20Cl2F3NO3. The van der Waals surface area contributed by atoms with Crippen LogP contribution in [0.3, 0.4) is 0 Å². The Balaban J connectivity index is 2.19. The van der Waals surface area contributed by atoms with E-state index < -0.39 is 29.7 Å². The van der Waals surface area contributed by atoms with Gasteiger partial charge in [0.1, 0.15) is 5.75 Å². The van der Waals surface area contributed by atoms with Gasteiger partial charge in [0.15, 0.2) is 0 Å². The van der Waals surface area contributed by atoms with Crippen molar-refractivity contribution in [1.29, 1.82) is 0 Å². The first-order chi connectivity index (χ1) is 14.1. The lowest BCUT2D eigenvalue weighted by atomic mass is 9.90. The zero-order chi connectivity index (χ0) is 22.1. The molecule has 9 heteroatoms. The molecule has 2 unspecified atom stereocenters. The monoisotopic (exact) mass is 461 g/mol. The highest BCUT2D eigenvalue weighted by Gasteiger charge is 2.36. The van der Waals surface area contributed by atoms with Gasteiger partial charge in [-0.2, -0.15) is 13.2 Å². The van der Waals surface area contributed by atoms with Crippen molar-refractivity contribution in [3.63, 3.8) is 0 Å². The van der Waals surface area contributed by atoms with Crippen LogP contribution < -0.4 is 4.74 Å². The number of hydrogen-bond acceptors (Lipinski definition) is 3. The van der Waals surface area contributed by atoms with E-state index in [1.165, 1.54) is 13.2 Å². The first-order valence-electron chi connectivity index (χ1n) is 9.28. The summed E-state index contributed by atoms with van der Waals surface area (Å²) in [5.41, 5.74) is -0.0879. The third-order valence-electron chi connectivity index (χ3n) is 5.27. The number of methoxy groups -OCH3 is 1. The van der Waals surface area contributed by atoms with Gasteiger partial charge in [-0.1, -0.05) is 23.2 Å². The van der Waals surface area contributed by atoms with Crippen LogP contribution in [0.25, 0.3) is 0 Å². The van der Waals surface area contributed by atoms with Crippen molar-refractivity contribution in [1.82, 2.24) is 4.90 Å². The molecule has 4 nitrogen and oxygen atoms in total. The Morgan fingerprint density at radius 2 is 1.93 bits per heavy atom. The summed E-state index contributed by atoms with van der Waals surface area (Å²) in [5.74, 6) is -1.14. The van der Waals surface area contributed by atoms with Crippen molar-refractivity contribution < 1.29 is 27.8 Å². The van der Waals surface area contributed by atoms with Gasteiger partial charge >= 0.3 is 12.1 Å². The summed E-state index contributed by atoms with van der Waals surface area (Å²) in [6.45, 7) is 0.666. The number of benzene rings is 2.